The van der Waals surface area contributed by atoms with Gasteiger partial charge in [-0.25, -0.2) is 9.37 Å². The Bertz CT molecular complexity index is 1770. The van der Waals surface area contributed by atoms with Crippen molar-refractivity contribution in [2.75, 3.05) is 0 Å². The van der Waals surface area contributed by atoms with Gasteiger partial charge in [0, 0.05) is 28.7 Å². The lowest BCUT2D eigenvalue weighted by atomic mass is 10.1. The molecule has 168 valence electrons. The second-order valence-corrected chi connectivity index (χ2v) is 8.51. The maximum absolute atomic E-state index is 13.7. The zero-order valence-electron chi connectivity index (χ0n) is 18.0. The van der Waals surface area contributed by atoms with Crippen LogP contribution >= 0.6 is 11.6 Å². The van der Waals surface area contributed by atoms with E-state index in [1.54, 1.807) is 22.7 Å². The Kier molecular flexibility index (Phi) is 4.66. The molecule has 0 bridgehead atoms. The first-order chi connectivity index (χ1) is 16.5. The largest absolute Gasteiger partial charge is 0.361 e. The van der Waals surface area contributed by atoms with Crippen molar-refractivity contribution in [3.63, 3.8) is 0 Å². The number of nitrogens with one attached hydrogen (secondary N) is 1. The second kappa shape index (κ2) is 7.74. The van der Waals surface area contributed by atoms with Crippen LogP contribution in [0.2, 0.25) is 5.02 Å². The third-order valence-electron chi connectivity index (χ3n) is 5.96. The van der Waals surface area contributed by atoms with Crippen molar-refractivity contribution < 1.29 is 4.39 Å². The highest BCUT2D eigenvalue weighted by molar-refractivity contribution is 6.30. The molecule has 0 aliphatic carbocycles. The smallest absolute Gasteiger partial charge is 0.283 e. The van der Waals surface area contributed by atoms with Crippen LogP contribution < -0.4 is 5.56 Å². The maximum atomic E-state index is 13.7. The monoisotopic (exact) mass is 473 g/mol. The van der Waals surface area contributed by atoms with E-state index in [0.29, 0.717) is 29.3 Å². The number of hydrogen-bond acceptors (Lipinski definition) is 5. The predicted octanol–water partition coefficient (Wildman–Crippen LogP) is 4.33. The number of aromatic amines is 1. The second-order valence-electron chi connectivity index (χ2n) is 8.07. The molecule has 0 aliphatic rings. The number of nitrogens with zero attached hydrogens (tertiary/aromatic N) is 6. The molecule has 0 unspecified atom stereocenters. The van der Waals surface area contributed by atoms with Gasteiger partial charge in [-0.05, 0) is 54.8 Å². The van der Waals surface area contributed by atoms with Crippen LogP contribution in [0.25, 0.3) is 38.8 Å². The number of rotatable bonds is 4. The van der Waals surface area contributed by atoms with Crippen molar-refractivity contribution >= 4 is 39.3 Å². The molecule has 0 aliphatic heterocycles. The Morgan fingerprint density at radius 1 is 1.09 bits per heavy atom. The fraction of sp³-hybridized carbons (Fsp3) is 0.125. The highest BCUT2D eigenvalue weighted by Gasteiger charge is 2.18. The third kappa shape index (κ3) is 3.24. The Morgan fingerprint density at radius 3 is 2.74 bits per heavy atom. The van der Waals surface area contributed by atoms with Gasteiger partial charge >= 0.3 is 0 Å². The Balaban J connectivity index is 1.39. The molecule has 0 radical (unpaired) electrons. The van der Waals surface area contributed by atoms with Crippen LogP contribution in [0.4, 0.5) is 4.39 Å². The van der Waals surface area contributed by atoms with Gasteiger partial charge in [-0.2, -0.15) is 9.61 Å². The van der Waals surface area contributed by atoms with Crippen LogP contribution in [-0.4, -0.2) is 34.3 Å². The number of halogens is 2. The zero-order chi connectivity index (χ0) is 23.4. The number of hydrogen-bond donors (Lipinski definition) is 1. The van der Waals surface area contributed by atoms with Crippen LogP contribution in [0.15, 0.2) is 59.8 Å². The molecule has 0 spiro atoms. The molecule has 8 nitrogen and oxygen atoms in total. The van der Waals surface area contributed by atoms with Crippen molar-refractivity contribution in [1.29, 1.82) is 0 Å². The van der Waals surface area contributed by atoms with Crippen molar-refractivity contribution in [3.05, 3.63) is 87.4 Å². The van der Waals surface area contributed by atoms with Crippen LogP contribution in [-0.2, 0) is 13.0 Å². The Hall–Kier alpha value is -4.11. The minimum absolute atomic E-state index is 0.130. The molecule has 2 aromatic carbocycles. The van der Waals surface area contributed by atoms with Gasteiger partial charge in [0.2, 0.25) is 0 Å². The highest BCUT2D eigenvalue weighted by atomic mass is 35.5. The van der Waals surface area contributed by atoms with E-state index in [2.05, 4.69) is 25.3 Å². The van der Waals surface area contributed by atoms with Crippen LogP contribution in [0, 0.1) is 12.7 Å². The summed E-state index contributed by atoms with van der Waals surface area (Å²) in [5.41, 5.74) is 4.87. The van der Waals surface area contributed by atoms with E-state index in [-0.39, 0.29) is 16.9 Å². The summed E-state index contributed by atoms with van der Waals surface area (Å²) in [7, 11) is 0. The van der Waals surface area contributed by atoms with Crippen LogP contribution in [0.3, 0.4) is 0 Å². The number of aromatic nitrogens is 7. The summed E-state index contributed by atoms with van der Waals surface area (Å²) >= 11 is 6.02. The fourth-order valence-electron chi connectivity index (χ4n) is 4.28. The lowest BCUT2D eigenvalue weighted by molar-refractivity contribution is 0.629. The number of aryl methyl sites for hydroxylation is 3. The fourth-order valence-corrected chi connectivity index (χ4v) is 4.40. The predicted molar refractivity (Wildman–Crippen MR) is 127 cm³/mol. The Labute approximate surface area is 196 Å². The maximum Gasteiger partial charge on any atom is 0.283 e. The standard InChI is InChI=1S/C24H17ClFN7O/c1-13-20(14-2-4-16(25)5-3-14)22-30-29-21-23(33(22)31-13)28-12-32(24(21)34)9-8-15-11-27-19-7-6-17(26)10-18(15)19/h2-7,10-12,27H,8-9H2,1H3. The minimum atomic E-state index is -0.313. The van der Waals surface area contributed by atoms with E-state index in [0.717, 1.165) is 33.3 Å². The lowest BCUT2D eigenvalue weighted by Crippen LogP contribution is -2.23. The van der Waals surface area contributed by atoms with Crippen molar-refractivity contribution in [1.82, 2.24) is 34.3 Å². The van der Waals surface area contributed by atoms with E-state index in [9.17, 15) is 9.18 Å². The van der Waals surface area contributed by atoms with Gasteiger partial charge in [0.1, 0.15) is 12.1 Å². The number of H-pyrrole nitrogens is 1. The van der Waals surface area contributed by atoms with Crippen molar-refractivity contribution in [2.24, 2.45) is 0 Å². The van der Waals surface area contributed by atoms with Gasteiger partial charge in [-0.15, -0.1) is 10.2 Å². The molecule has 4 heterocycles. The molecule has 34 heavy (non-hydrogen) atoms. The molecule has 0 atom stereocenters. The molecule has 0 saturated heterocycles. The van der Waals surface area contributed by atoms with Crippen molar-refractivity contribution in [2.45, 2.75) is 19.9 Å². The first-order valence-corrected chi connectivity index (χ1v) is 11.0. The molecule has 10 heteroatoms. The number of benzene rings is 2. The summed E-state index contributed by atoms with van der Waals surface area (Å²) in [4.78, 5) is 20.8. The summed E-state index contributed by atoms with van der Waals surface area (Å²) < 4.78 is 16.7. The normalized spacial score (nSPS) is 11.7. The van der Waals surface area contributed by atoms with Gasteiger partial charge in [0.25, 0.3) is 5.56 Å². The highest BCUT2D eigenvalue weighted by Crippen LogP contribution is 2.28. The molecule has 6 rings (SSSR count). The SMILES string of the molecule is Cc1nn2c(nnc3c(=O)n(CCc4c[nH]c5ccc(F)cc45)cnc32)c1-c1ccc(Cl)cc1. The van der Waals surface area contributed by atoms with Gasteiger partial charge in [0.05, 0.1) is 11.3 Å². The molecule has 1 N–H and O–H groups in total. The van der Waals surface area contributed by atoms with Gasteiger partial charge in [-0.1, -0.05) is 23.7 Å². The van der Waals surface area contributed by atoms with Gasteiger partial charge in [0.15, 0.2) is 16.8 Å². The van der Waals surface area contributed by atoms with E-state index in [1.165, 1.54) is 23.0 Å². The van der Waals surface area contributed by atoms with Gasteiger partial charge < -0.3 is 4.98 Å². The first-order valence-electron chi connectivity index (χ1n) is 10.6. The molecule has 4 aromatic heterocycles. The molecular formula is C24H17ClFN7O. The molecular weight excluding hydrogens is 457 g/mol. The first kappa shape index (κ1) is 20.5. The average molecular weight is 474 g/mol. The van der Waals surface area contributed by atoms with E-state index >= 15 is 0 Å². The topological polar surface area (TPSA) is 93.8 Å². The van der Waals surface area contributed by atoms with Crippen LogP contribution in [0.1, 0.15) is 11.3 Å². The Morgan fingerprint density at radius 2 is 1.91 bits per heavy atom. The van der Waals surface area contributed by atoms with Gasteiger partial charge in [-0.3, -0.25) is 9.36 Å². The summed E-state index contributed by atoms with van der Waals surface area (Å²) in [6, 6.07) is 12.0. The molecule has 0 saturated carbocycles. The lowest BCUT2D eigenvalue weighted by Gasteiger charge is -2.06. The number of fused-ring (bicyclic) bond motifs is 4. The summed E-state index contributed by atoms with van der Waals surface area (Å²) in [6.07, 6.45) is 3.84. The van der Waals surface area contributed by atoms with Crippen LogP contribution in [0.5, 0.6) is 0 Å². The zero-order valence-corrected chi connectivity index (χ0v) is 18.7. The quantitative estimate of drug-likeness (QED) is 0.411. The van der Waals surface area contributed by atoms with E-state index in [1.807, 2.05) is 25.3 Å². The summed E-state index contributed by atoms with van der Waals surface area (Å²) in [5, 5.41) is 14.5. The van der Waals surface area contributed by atoms with E-state index in [4.69, 9.17) is 11.6 Å². The third-order valence-corrected chi connectivity index (χ3v) is 6.21. The molecule has 6 aromatic rings. The average Bonchev–Trinajstić information content (AvgIpc) is 3.39. The molecule has 0 amide bonds. The molecule has 0 fully saturated rings. The summed E-state index contributed by atoms with van der Waals surface area (Å²) in [5.74, 6) is -0.301. The minimum Gasteiger partial charge on any atom is -0.361 e. The summed E-state index contributed by atoms with van der Waals surface area (Å²) in [6.45, 7) is 2.23. The van der Waals surface area contributed by atoms with E-state index < -0.39 is 0 Å². The van der Waals surface area contributed by atoms with Crippen molar-refractivity contribution in [3.8, 4) is 11.1 Å².